The van der Waals surface area contributed by atoms with E-state index in [1.165, 1.54) is 9.75 Å². The van der Waals surface area contributed by atoms with Gasteiger partial charge in [-0.2, -0.15) is 10.5 Å². The van der Waals surface area contributed by atoms with Gasteiger partial charge in [0.1, 0.15) is 3.14 Å². The molecule has 0 aliphatic carbocycles. The lowest BCUT2D eigenvalue weighted by Gasteiger charge is -1.95. The fourth-order valence-corrected chi connectivity index (χ4v) is 3.92. The van der Waals surface area contributed by atoms with E-state index in [-0.39, 0.29) is 0 Å². The van der Waals surface area contributed by atoms with E-state index in [4.69, 9.17) is 22.7 Å². The lowest BCUT2D eigenvalue weighted by atomic mass is 10.2. The molecule has 0 aliphatic heterocycles. The number of hydrogen-bond acceptors (Lipinski definition) is 5. The van der Waals surface area contributed by atoms with Crippen LogP contribution in [0.25, 0.3) is 0 Å². The summed E-state index contributed by atoms with van der Waals surface area (Å²) in [5.74, 6) is 0. The second kappa shape index (κ2) is 5.87. The SMILES string of the molecule is N#CCCc1sc(=S)sc1CCC#N. The van der Waals surface area contributed by atoms with Crippen molar-refractivity contribution in [3.8, 4) is 12.1 Å². The van der Waals surface area contributed by atoms with Crippen LogP contribution in [0.5, 0.6) is 0 Å². The summed E-state index contributed by atoms with van der Waals surface area (Å²) in [5, 5.41) is 17.0. The molecule has 0 fully saturated rings. The molecule has 1 heterocycles. The second-order valence-electron chi connectivity index (χ2n) is 2.62. The molecule has 0 bridgehead atoms. The van der Waals surface area contributed by atoms with E-state index in [1.807, 2.05) is 0 Å². The first-order valence-electron chi connectivity index (χ1n) is 4.13. The fraction of sp³-hybridized carbons (Fsp3) is 0.444. The number of nitrogens with zero attached hydrogens (tertiary/aromatic N) is 2. The molecule has 0 aromatic carbocycles. The van der Waals surface area contributed by atoms with Crippen molar-refractivity contribution < 1.29 is 0 Å². The van der Waals surface area contributed by atoms with Gasteiger partial charge in [0.15, 0.2) is 0 Å². The van der Waals surface area contributed by atoms with Gasteiger partial charge < -0.3 is 0 Å². The van der Waals surface area contributed by atoms with Gasteiger partial charge in [0.2, 0.25) is 0 Å². The summed E-state index contributed by atoms with van der Waals surface area (Å²) >= 11 is 8.25. The third-order valence-corrected chi connectivity index (χ3v) is 4.51. The lowest BCUT2D eigenvalue weighted by molar-refractivity contribution is 0.975. The normalized spacial score (nSPS) is 9.29. The third-order valence-electron chi connectivity index (χ3n) is 1.65. The molecule has 0 aliphatic rings. The van der Waals surface area contributed by atoms with E-state index in [1.54, 1.807) is 22.7 Å². The van der Waals surface area contributed by atoms with Crippen LogP contribution in [0.4, 0.5) is 0 Å². The maximum atomic E-state index is 8.48. The maximum Gasteiger partial charge on any atom is 0.144 e. The van der Waals surface area contributed by atoms with E-state index >= 15 is 0 Å². The Hall–Kier alpha value is -0.750. The summed E-state index contributed by atoms with van der Waals surface area (Å²) in [6.07, 6.45) is 2.60. The second-order valence-corrected chi connectivity index (χ2v) is 6.01. The van der Waals surface area contributed by atoms with Crippen molar-refractivity contribution in [1.82, 2.24) is 0 Å². The topological polar surface area (TPSA) is 47.6 Å². The average molecular weight is 240 g/mol. The molecule has 2 nitrogen and oxygen atoms in total. The number of nitriles is 2. The highest BCUT2D eigenvalue weighted by Gasteiger charge is 2.06. The summed E-state index contributed by atoms with van der Waals surface area (Å²) in [4.78, 5) is 2.38. The van der Waals surface area contributed by atoms with E-state index in [0.29, 0.717) is 12.8 Å². The molecule has 0 N–H and O–H groups in total. The van der Waals surface area contributed by atoms with Gasteiger partial charge >= 0.3 is 0 Å². The highest BCUT2D eigenvalue weighted by molar-refractivity contribution is 7.76. The van der Waals surface area contributed by atoms with E-state index < -0.39 is 0 Å². The minimum Gasteiger partial charge on any atom is -0.198 e. The molecule has 0 radical (unpaired) electrons. The van der Waals surface area contributed by atoms with Gasteiger partial charge in [-0.15, -0.1) is 22.7 Å². The Kier molecular flexibility index (Phi) is 4.75. The van der Waals surface area contributed by atoms with Crippen LogP contribution in [0.1, 0.15) is 22.6 Å². The summed E-state index contributed by atoms with van der Waals surface area (Å²) in [6, 6.07) is 4.24. The van der Waals surface area contributed by atoms with Gasteiger partial charge in [0.25, 0.3) is 0 Å². The van der Waals surface area contributed by atoms with E-state index in [9.17, 15) is 0 Å². The summed E-state index contributed by atoms with van der Waals surface area (Å²) in [6.45, 7) is 0. The lowest BCUT2D eigenvalue weighted by Crippen LogP contribution is -1.86. The van der Waals surface area contributed by atoms with Crippen LogP contribution < -0.4 is 0 Å². The first kappa shape index (κ1) is 11.3. The number of aryl methyl sites for hydroxylation is 2. The van der Waals surface area contributed by atoms with Crippen LogP contribution in [0.2, 0.25) is 0 Å². The highest BCUT2D eigenvalue weighted by atomic mass is 32.2. The van der Waals surface area contributed by atoms with Crippen LogP contribution in [0.15, 0.2) is 0 Å². The van der Waals surface area contributed by atoms with Crippen molar-refractivity contribution in [3.05, 3.63) is 12.9 Å². The Balaban J connectivity index is 2.76. The van der Waals surface area contributed by atoms with Crippen LogP contribution in [0.3, 0.4) is 0 Å². The van der Waals surface area contributed by atoms with E-state index in [2.05, 4.69) is 12.1 Å². The van der Waals surface area contributed by atoms with Crippen molar-refractivity contribution in [2.45, 2.75) is 25.7 Å². The predicted molar refractivity (Wildman–Crippen MR) is 60.9 cm³/mol. The highest BCUT2D eigenvalue weighted by Crippen LogP contribution is 2.27. The van der Waals surface area contributed by atoms with Gasteiger partial charge in [-0.25, -0.2) is 0 Å². The third kappa shape index (κ3) is 3.19. The number of hydrogen-bond donors (Lipinski definition) is 0. The molecule has 14 heavy (non-hydrogen) atoms. The van der Waals surface area contributed by atoms with Gasteiger partial charge in [-0.1, -0.05) is 12.2 Å². The molecule has 0 saturated carbocycles. The molecule has 1 rings (SSSR count). The quantitative estimate of drug-likeness (QED) is 0.757. The first-order valence-corrected chi connectivity index (χ1v) is 6.17. The molecule has 0 saturated heterocycles. The van der Waals surface area contributed by atoms with Crippen molar-refractivity contribution in [1.29, 1.82) is 10.5 Å². The van der Waals surface area contributed by atoms with Crippen LogP contribution in [-0.4, -0.2) is 0 Å². The standard InChI is InChI=1S/C9H8N2S3/c10-5-1-3-7-8(4-2-6-11)14-9(12)13-7/h1-4H2. The van der Waals surface area contributed by atoms with E-state index in [0.717, 1.165) is 16.0 Å². The molecular weight excluding hydrogens is 232 g/mol. The van der Waals surface area contributed by atoms with Crippen molar-refractivity contribution in [2.24, 2.45) is 0 Å². The fourth-order valence-electron chi connectivity index (χ4n) is 1.06. The smallest absolute Gasteiger partial charge is 0.144 e. The maximum absolute atomic E-state index is 8.48. The van der Waals surface area contributed by atoms with Crippen LogP contribution >= 0.6 is 34.9 Å². The zero-order valence-electron chi connectivity index (χ0n) is 7.45. The van der Waals surface area contributed by atoms with Crippen molar-refractivity contribution in [2.75, 3.05) is 0 Å². The minimum absolute atomic E-state index is 0.529. The largest absolute Gasteiger partial charge is 0.198 e. The molecular formula is C9H8N2S3. The molecule has 0 unspecified atom stereocenters. The van der Waals surface area contributed by atoms with Gasteiger partial charge in [-0.3, -0.25) is 0 Å². The molecule has 0 spiro atoms. The monoisotopic (exact) mass is 240 g/mol. The minimum atomic E-state index is 0.529. The van der Waals surface area contributed by atoms with Crippen LogP contribution in [-0.2, 0) is 12.8 Å². The molecule has 0 amide bonds. The van der Waals surface area contributed by atoms with Gasteiger partial charge in [0, 0.05) is 22.6 Å². The van der Waals surface area contributed by atoms with Gasteiger partial charge in [0.05, 0.1) is 12.1 Å². The zero-order chi connectivity index (χ0) is 10.4. The Morgan fingerprint density at radius 2 is 1.43 bits per heavy atom. The molecule has 0 atom stereocenters. The van der Waals surface area contributed by atoms with Crippen LogP contribution in [0, 0.1) is 25.8 Å². The summed E-state index contributed by atoms with van der Waals surface area (Å²) in [7, 11) is 0. The summed E-state index contributed by atoms with van der Waals surface area (Å²) < 4.78 is 0.894. The molecule has 1 aromatic heterocycles. The molecule has 72 valence electrons. The average Bonchev–Trinajstić information content (AvgIpc) is 2.52. The van der Waals surface area contributed by atoms with Gasteiger partial charge in [-0.05, 0) is 12.8 Å². The number of rotatable bonds is 4. The predicted octanol–water partition coefficient (Wildman–Crippen LogP) is 3.45. The van der Waals surface area contributed by atoms with Crippen molar-refractivity contribution in [3.63, 3.8) is 0 Å². The molecule has 5 heteroatoms. The zero-order valence-corrected chi connectivity index (χ0v) is 9.90. The van der Waals surface area contributed by atoms with Crippen molar-refractivity contribution >= 4 is 34.9 Å². The Morgan fingerprint density at radius 3 is 1.79 bits per heavy atom. The Labute approximate surface area is 96.1 Å². The Bertz CT molecular complexity index is 392. The first-order chi connectivity index (χ1) is 6.77. The molecule has 1 aromatic rings. The summed E-state index contributed by atoms with van der Waals surface area (Å²) in [5.41, 5.74) is 0. The Morgan fingerprint density at radius 1 is 1.00 bits per heavy atom.